The van der Waals surface area contributed by atoms with Gasteiger partial charge in [-0.25, -0.2) is 9.59 Å². The topological polar surface area (TPSA) is 74.6 Å². The average Bonchev–Trinajstić information content (AvgIpc) is 2.07. The van der Waals surface area contributed by atoms with Crippen LogP contribution in [0.15, 0.2) is 11.1 Å². The maximum Gasteiger partial charge on any atom is 0.333 e. The predicted molar refractivity (Wildman–Crippen MR) is 50.8 cm³/mol. The first-order valence-electron chi connectivity index (χ1n) is 3.94. The Morgan fingerprint density at radius 2 is 1.29 bits per heavy atom. The van der Waals surface area contributed by atoms with Gasteiger partial charge in [0.25, 0.3) is 0 Å². The molecule has 2 atom stereocenters. The average molecular weight is 239 g/mol. The fourth-order valence-corrected chi connectivity index (χ4v) is 2.09. The maximum atomic E-state index is 10.8. The first-order chi connectivity index (χ1) is 6.45. The van der Waals surface area contributed by atoms with Gasteiger partial charge in [-0.1, -0.05) is 0 Å². The molecule has 78 valence electrons. The molecule has 0 spiro atoms. The molecular weight excluding hydrogens is 231 g/mol. The lowest BCUT2D eigenvalue weighted by Crippen LogP contribution is -2.29. The fourth-order valence-electron chi connectivity index (χ4n) is 1.42. The molecular formula is C8H8Cl2O4. The number of hydrogen-bond donors (Lipinski definition) is 2. The van der Waals surface area contributed by atoms with Crippen molar-refractivity contribution in [1.29, 1.82) is 0 Å². The van der Waals surface area contributed by atoms with Crippen LogP contribution in [0.4, 0.5) is 0 Å². The van der Waals surface area contributed by atoms with Gasteiger partial charge < -0.3 is 10.2 Å². The van der Waals surface area contributed by atoms with Crippen LogP contribution in [0, 0.1) is 0 Å². The maximum absolute atomic E-state index is 10.8. The molecule has 0 saturated heterocycles. The van der Waals surface area contributed by atoms with E-state index in [2.05, 4.69) is 0 Å². The summed E-state index contributed by atoms with van der Waals surface area (Å²) in [5.74, 6) is -2.62. The Labute approximate surface area is 90.1 Å². The summed E-state index contributed by atoms with van der Waals surface area (Å²) >= 11 is 11.4. The third-order valence-corrected chi connectivity index (χ3v) is 2.92. The lowest BCUT2D eigenvalue weighted by molar-refractivity contribution is -0.136. The van der Waals surface area contributed by atoms with Crippen molar-refractivity contribution in [1.82, 2.24) is 0 Å². The van der Waals surface area contributed by atoms with Crippen molar-refractivity contribution < 1.29 is 19.8 Å². The second-order valence-corrected chi connectivity index (χ2v) is 4.00. The van der Waals surface area contributed by atoms with E-state index in [9.17, 15) is 9.59 Å². The van der Waals surface area contributed by atoms with E-state index < -0.39 is 22.7 Å². The van der Waals surface area contributed by atoms with E-state index in [4.69, 9.17) is 33.4 Å². The minimum atomic E-state index is -1.31. The van der Waals surface area contributed by atoms with Crippen LogP contribution < -0.4 is 0 Å². The molecule has 2 unspecified atom stereocenters. The van der Waals surface area contributed by atoms with Crippen molar-refractivity contribution in [3.63, 3.8) is 0 Å². The first-order valence-corrected chi connectivity index (χ1v) is 4.81. The normalized spacial score (nSPS) is 27.6. The monoisotopic (exact) mass is 238 g/mol. The molecule has 0 bridgehead atoms. The number of hydrogen-bond acceptors (Lipinski definition) is 2. The predicted octanol–water partition coefficient (Wildman–Crippen LogP) is 1.46. The van der Waals surface area contributed by atoms with Crippen LogP contribution in [-0.2, 0) is 9.59 Å². The second-order valence-electron chi connectivity index (χ2n) is 2.95. The SMILES string of the molecule is O=C(O)C1=C(C(=O)O)C(Cl)CCC1Cl. The standard InChI is InChI=1S/C8H8Cl2O4/c9-3-1-2-4(10)6(8(13)14)5(3)7(11)12/h3-4H,1-2H2,(H,11,12)(H,13,14). The molecule has 1 rings (SSSR count). The Balaban J connectivity index is 3.24. The number of carbonyl (C=O) groups is 2. The molecule has 1 aliphatic rings. The summed E-state index contributed by atoms with van der Waals surface area (Å²) < 4.78 is 0. The highest BCUT2D eigenvalue weighted by atomic mass is 35.5. The molecule has 14 heavy (non-hydrogen) atoms. The minimum absolute atomic E-state index is 0.287. The lowest BCUT2D eigenvalue weighted by atomic mass is 9.91. The van der Waals surface area contributed by atoms with Gasteiger partial charge in [0, 0.05) is 0 Å². The Morgan fingerprint density at radius 3 is 1.50 bits per heavy atom. The van der Waals surface area contributed by atoms with Crippen LogP contribution in [0.1, 0.15) is 12.8 Å². The van der Waals surface area contributed by atoms with Gasteiger partial charge in [-0.05, 0) is 12.8 Å². The molecule has 0 amide bonds. The quantitative estimate of drug-likeness (QED) is 0.715. The number of aliphatic carboxylic acids is 2. The van der Waals surface area contributed by atoms with Gasteiger partial charge in [0.05, 0.1) is 21.9 Å². The summed E-state index contributed by atoms with van der Waals surface area (Å²) in [7, 11) is 0. The van der Waals surface area contributed by atoms with E-state index >= 15 is 0 Å². The largest absolute Gasteiger partial charge is 0.478 e. The third kappa shape index (κ3) is 2.01. The minimum Gasteiger partial charge on any atom is -0.478 e. The van der Waals surface area contributed by atoms with E-state index in [1.165, 1.54) is 0 Å². The summed E-state index contributed by atoms with van der Waals surface area (Å²) in [5, 5.41) is 16.0. The van der Waals surface area contributed by atoms with Crippen molar-refractivity contribution in [2.75, 3.05) is 0 Å². The van der Waals surface area contributed by atoms with Gasteiger partial charge in [0.2, 0.25) is 0 Å². The van der Waals surface area contributed by atoms with E-state index in [1.54, 1.807) is 0 Å². The molecule has 1 aliphatic carbocycles. The highest BCUT2D eigenvalue weighted by Crippen LogP contribution is 2.32. The Kier molecular flexibility index (Phi) is 3.39. The number of rotatable bonds is 2. The summed E-state index contributed by atoms with van der Waals surface area (Å²) in [4.78, 5) is 21.5. The van der Waals surface area contributed by atoms with Gasteiger partial charge in [-0.2, -0.15) is 0 Å². The number of carboxylic acids is 2. The third-order valence-electron chi connectivity index (χ3n) is 2.05. The van der Waals surface area contributed by atoms with E-state index in [-0.39, 0.29) is 11.1 Å². The fraction of sp³-hybridized carbons (Fsp3) is 0.500. The molecule has 6 heteroatoms. The number of halogens is 2. The van der Waals surface area contributed by atoms with Gasteiger partial charge in [0.1, 0.15) is 0 Å². The van der Waals surface area contributed by atoms with Crippen LogP contribution in [0.2, 0.25) is 0 Å². The molecule has 4 nitrogen and oxygen atoms in total. The van der Waals surface area contributed by atoms with Crippen LogP contribution in [-0.4, -0.2) is 32.9 Å². The first kappa shape index (κ1) is 11.3. The van der Waals surface area contributed by atoms with Crippen LogP contribution in [0.5, 0.6) is 0 Å². The zero-order chi connectivity index (χ0) is 10.9. The van der Waals surface area contributed by atoms with E-state index in [1.807, 2.05) is 0 Å². The van der Waals surface area contributed by atoms with Crippen molar-refractivity contribution in [3.8, 4) is 0 Å². The lowest BCUT2D eigenvalue weighted by Gasteiger charge is -2.23. The van der Waals surface area contributed by atoms with Crippen LogP contribution >= 0.6 is 23.2 Å². The number of alkyl halides is 2. The second kappa shape index (κ2) is 4.19. The summed E-state index contributed by atoms with van der Waals surface area (Å²) in [6.07, 6.45) is 0.766. The Morgan fingerprint density at radius 1 is 1.00 bits per heavy atom. The molecule has 2 N–H and O–H groups in total. The Bertz CT molecular complexity index is 280. The summed E-state index contributed by atoms with van der Waals surface area (Å²) in [6, 6.07) is 0. The smallest absolute Gasteiger partial charge is 0.333 e. The van der Waals surface area contributed by atoms with Gasteiger partial charge in [-0.3, -0.25) is 0 Å². The molecule has 0 fully saturated rings. The molecule has 0 aromatic carbocycles. The zero-order valence-electron chi connectivity index (χ0n) is 7.04. The summed E-state index contributed by atoms with van der Waals surface area (Å²) in [5.41, 5.74) is -0.573. The molecule has 0 aliphatic heterocycles. The van der Waals surface area contributed by atoms with Crippen molar-refractivity contribution >= 4 is 35.1 Å². The Hall–Kier alpha value is -0.740. The highest BCUT2D eigenvalue weighted by Gasteiger charge is 2.35. The highest BCUT2D eigenvalue weighted by molar-refractivity contribution is 6.30. The molecule has 0 aromatic rings. The van der Waals surface area contributed by atoms with Crippen LogP contribution in [0.3, 0.4) is 0 Å². The van der Waals surface area contributed by atoms with Gasteiger partial charge >= 0.3 is 11.9 Å². The van der Waals surface area contributed by atoms with Crippen molar-refractivity contribution in [2.24, 2.45) is 0 Å². The van der Waals surface area contributed by atoms with E-state index in [0.29, 0.717) is 12.8 Å². The van der Waals surface area contributed by atoms with Crippen molar-refractivity contribution in [2.45, 2.75) is 23.6 Å². The van der Waals surface area contributed by atoms with Gasteiger partial charge in [0.15, 0.2) is 0 Å². The van der Waals surface area contributed by atoms with E-state index in [0.717, 1.165) is 0 Å². The molecule has 0 aromatic heterocycles. The van der Waals surface area contributed by atoms with Crippen molar-refractivity contribution in [3.05, 3.63) is 11.1 Å². The summed E-state index contributed by atoms with van der Waals surface area (Å²) in [6.45, 7) is 0. The molecule has 0 radical (unpaired) electrons. The van der Waals surface area contributed by atoms with Crippen LogP contribution in [0.25, 0.3) is 0 Å². The number of carboxylic acid groups (broad SMARTS) is 2. The molecule has 0 saturated carbocycles. The molecule has 0 heterocycles. The van der Waals surface area contributed by atoms with Gasteiger partial charge in [-0.15, -0.1) is 23.2 Å². The zero-order valence-corrected chi connectivity index (χ0v) is 8.55.